The van der Waals surface area contributed by atoms with Gasteiger partial charge in [-0.2, -0.15) is 0 Å². The van der Waals surface area contributed by atoms with Crippen molar-refractivity contribution in [2.45, 2.75) is 0 Å². The van der Waals surface area contributed by atoms with Gasteiger partial charge in [0.1, 0.15) is 0 Å². The van der Waals surface area contributed by atoms with Gasteiger partial charge in [-0.05, 0) is 23.3 Å². The molecule has 3 aromatic rings. The Labute approximate surface area is 118 Å². The van der Waals surface area contributed by atoms with Gasteiger partial charge in [0.15, 0.2) is 0 Å². The Hall–Kier alpha value is -2.61. The Balaban J connectivity index is 2.16. The Bertz CT molecular complexity index is 774. The minimum Gasteiger partial charge on any atom is -0.311 e. The van der Waals surface area contributed by atoms with Crippen LogP contribution in [-0.4, -0.2) is 4.57 Å². The molecular formula is C18H15NO. The van der Waals surface area contributed by atoms with Crippen LogP contribution in [0.2, 0.25) is 0 Å². The van der Waals surface area contributed by atoms with Crippen LogP contribution in [0.1, 0.15) is 0 Å². The lowest BCUT2D eigenvalue weighted by Crippen LogP contribution is -2.19. The van der Waals surface area contributed by atoms with Crippen molar-refractivity contribution in [2.75, 3.05) is 0 Å². The van der Waals surface area contributed by atoms with Crippen LogP contribution in [-0.2, 0) is 7.05 Å². The van der Waals surface area contributed by atoms with Crippen LogP contribution in [0.3, 0.4) is 0 Å². The number of nitrogens with zero attached hydrogens (tertiary/aromatic N) is 1. The van der Waals surface area contributed by atoms with Crippen molar-refractivity contribution >= 4 is 0 Å². The van der Waals surface area contributed by atoms with Gasteiger partial charge in [-0.1, -0.05) is 60.7 Å². The molecule has 0 N–H and O–H groups in total. The highest BCUT2D eigenvalue weighted by atomic mass is 16.1. The Kier molecular flexibility index (Phi) is 3.21. The second-order valence-corrected chi connectivity index (χ2v) is 4.73. The van der Waals surface area contributed by atoms with E-state index < -0.39 is 0 Å². The lowest BCUT2D eigenvalue weighted by molar-refractivity contribution is 0.873. The molecule has 0 saturated carbocycles. The van der Waals surface area contributed by atoms with Crippen molar-refractivity contribution < 1.29 is 0 Å². The average molecular weight is 261 g/mol. The highest BCUT2D eigenvalue weighted by Gasteiger charge is 2.08. The molecule has 0 unspecified atom stereocenters. The molecule has 3 rings (SSSR count). The molecule has 0 bridgehead atoms. The summed E-state index contributed by atoms with van der Waals surface area (Å²) in [5.41, 5.74) is 3.68. The van der Waals surface area contributed by atoms with Gasteiger partial charge in [-0.3, -0.25) is 4.79 Å². The summed E-state index contributed by atoms with van der Waals surface area (Å²) in [5, 5.41) is 0. The van der Waals surface area contributed by atoms with E-state index in [4.69, 9.17) is 0 Å². The van der Waals surface area contributed by atoms with Crippen LogP contribution in [0.15, 0.2) is 77.6 Å². The lowest BCUT2D eigenvalue weighted by Gasteiger charge is -2.10. The smallest absolute Gasteiger partial charge is 0.258 e. The normalized spacial score (nSPS) is 10.4. The standard InChI is InChI=1S/C18H15NO/c1-19-17(15-10-6-3-7-11-15)13-12-16(18(19)20)14-8-4-2-5-9-14/h2-13H,1H3. The Morgan fingerprint density at radius 1 is 0.700 bits per heavy atom. The van der Waals surface area contributed by atoms with E-state index in [1.54, 1.807) is 4.57 Å². The van der Waals surface area contributed by atoms with E-state index in [9.17, 15) is 4.79 Å². The summed E-state index contributed by atoms with van der Waals surface area (Å²) < 4.78 is 1.71. The van der Waals surface area contributed by atoms with E-state index in [0.717, 1.165) is 22.4 Å². The fraction of sp³-hybridized carbons (Fsp3) is 0.0556. The zero-order valence-corrected chi connectivity index (χ0v) is 11.3. The van der Waals surface area contributed by atoms with Crippen LogP contribution >= 0.6 is 0 Å². The molecule has 20 heavy (non-hydrogen) atoms. The van der Waals surface area contributed by atoms with Crippen molar-refractivity contribution in [3.8, 4) is 22.4 Å². The van der Waals surface area contributed by atoms with E-state index in [-0.39, 0.29) is 5.56 Å². The molecule has 0 amide bonds. The van der Waals surface area contributed by atoms with Crippen molar-refractivity contribution in [2.24, 2.45) is 7.05 Å². The van der Waals surface area contributed by atoms with Gasteiger partial charge in [0.05, 0.1) is 5.69 Å². The van der Waals surface area contributed by atoms with Crippen LogP contribution in [0.25, 0.3) is 22.4 Å². The molecule has 0 spiro atoms. The van der Waals surface area contributed by atoms with E-state index in [0.29, 0.717) is 0 Å². The van der Waals surface area contributed by atoms with Gasteiger partial charge in [-0.25, -0.2) is 0 Å². The molecule has 0 aliphatic rings. The molecule has 0 atom stereocenters. The topological polar surface area (TPSA) is 22.0 Å². The maximum Gasteiger partial charge on any atom is 0.258 e. The summed E-state index contributed by atoms with van der Waals surface area (Å²) in [6, 6.07) is 23.6. The monoisotopic (exact) mass is 261 g/mol. The van der Waals surface area contributed by atoms with Crippen molar-refractivity contribution in [1.82, 2.24) is 4.57 Å². The van der Waals surface area contributed by atoms with E-state index in [1.165, 1.54) is 0 Å². The molecule has 0 aliphatic heterocycles. The quantitative estimate of drug-likeness (QED) is 0.689. The number of hydrogen-bond donors (Lipinski definition) is 0. The van der Waals surface area contributed by atoms with Crippen LogP contribution < -0.4 is 5.56 Å². The molecule has 2 aromatic carbocycles. The first-order valence-electron chi connectivity index (χ1n) is 6.58. The second kappa shape index (κ2) is 5.17. The Morgan fingerprint density at radius 3 is 1.85 bits per heavy atom. The molecule has 0 fully saturated rings. The molecule has 2 nitrogen and oxygen atoms in total. The van der Waals surface area contributed by atoms with Gasteiger partial charge in [0.2, 0.25) is 0 Å². The summed E-state index contributed by atoms with van der Waals surface area (Å²) in [6.45, 7) is 0. The van der Waals surface area contributed by atoms with E-state index in [1.807, 2.05) is 79.8 Å². The van der Waals surface area contributed by atoms with E-state index in [2.05, 4.69) is 0 Å². The minimum absolute atomic E-state index is 0.0255. The first-order chi connectivity index (χ1) is 9.77. The van der Waals surface area contributed by atoms with Crippen molar-refractivity contribution in [3.63, 3.8) is 0 Å². The lowest BCUT2D eigenvalue weighted by atomic mass is 10.1. The largest absolute Gasteiger partial charge is 0.311 e. The predicted octanol–water partition coefficient (Wildman–Crippen LogP) is 3.72. The van der Waals surface area contributed by atoms with Crippen LogP contribution in [0.4, 0.5) is 0 Å². The number of benzene rings is 2. The summed E-state index contributed by atoms with van der Waals surface area (Å²) in [5.74, 6) is 0. The molecule has 2 heteroatoms. The first-order valence-corrected chi connectivity index (χ1v) is 6.58. The van der Waals surface area contributed by atoms with Crippen LogP contribution in [0, 0.1) is 0 Å². The zero-order valence-electron chi connectivity index (χ0n) is 11.3. The zero-order chi connectivity index (χ0) is 13.9. The van der Waals surface area contributed by atoms with Gasteiger partial charge in [-0.15, -0.1) is 0 Å². The second-order valence-electron chi connectivity index (χ2n) is 4.73. The summed E-state index contributed by atoms with van der Waals surface area (Å²) in [6.07, 6.45) is 0. The number of pyridine rings is 1. The SMILES string of the molecule is Cn1c(-c2ccccc2)ccc(-c2ccccc2)c1=O. The highest BCUT2D eigenvalue weighted by molar-refractivity contribution is 5.67. The fourth-order valence-corrected chi connectivity index (χ4v) is 2.37. The first kappa shape index (κ1) is 12.4. The molecule has 1 heterocycles. The van der Waals surface area contributed by atoms with Crippen LogP contribution in [0.5, 0.6) is 0 Å². The highest BCUT2D eigenvalue weighted by Crippen LogP contribution is 2.20. The summed E-state index contributed by atoms with van der Waals surface area (Å²) in [7, 11) is 1.82. The fourth-order valence-electron chi connectivity index (χ4n) is 2.37. The van der Waals surface area contributed by atoms with Crippen molar-refractivity contribution in [1.29, 1.82) is 0 Å². The number of hydrogen-bond acceptors (Lipinski definition) is 1. The molecule has 1 aromatic heterocycles. The maximum atomic E-state index is 12.5. The number of rotatable bonds is 2. The van der Waals surface area contributed by atoms with Gasteiger partial charge in [0, 0.05) is 12.6 Å². The van der Waals surface area contributed by atoms with Gasteiger partial charge in [0.25, 0.3) is 5.56 Å². The third kappa shape index (κ3) is 2.16. The Morgan fingerprint density at radius 2 is 1.25 bits per heavy atom. The third-order valence-electron chi connectivity index (χ3n) is 3.46. The van der Waals surface area contributed by atoms with Crippen molar-refractivity contribution in [3.05, 3.63) is 83.2 Å². The molecule has 98 valence electrons. The molecule has 0 aliphatic carbocycles. The van der Waals surface area contributed by atoms with E-state index >= 15 is 0 Å². The number of aromatic nitrogens is 1. The molecule has 0 saturated heterocycles. The predicted molar refractivity (Wildman–Crippen MR) is 82.6 cm³/mol. The summed E-state index contributed by atoms with van der Waals surface area (Å²) >= 11 is 0. The summed E-state index contributed by atoms with van der Waals surface area (Å²) in [4.78, 5) is 12.5. The van der Waals surface area contributed by atoms with Gasteiger partial charge >= 0.3 is 0 Å². The minimum atomic E-state index is 0.0255. The van der Waals surface area contributed by atoms with Gasteiger partial charge < -0.3 is 4.57 Å². The molecular weight excluding hydrogens is 246 g/mol. The third-order valence-corrected chi connectivity index (χ3v) is 3.46. The maximum absolute atomic E-state index is 12.5. The molecule has 0 radical (unpaired) electrons. The average Bonchev–Trinajstić information content (AvgIpc) is 2.52.